The Balaban J connectivity index is 3.39. The third-order valence-electron chi connectivity index (χ3n) is 1.67. The van der Waals surface area contributed by atoms with Gasteiger partial charge in [-0.3, -0.25) is 0 Å². The van der Waals surface area contributed by atoms with Crippen molar-refractivity contribution in [2.75, 3.05) is 26.7 Å². The lowest BCUT2D eigenvalue weighted by Gasteiger charge is -2.19. The summed E-state index contributed by atoms with van der Waals surface area (Å²) >= 11 is 0. The summed E-state index contributed by atoms with van der Waals surface area (Å²) in [6.45, 7) is 3.14. The summed E-state index contributed by atoms with van der Waals surface area (Å²) in [4.78, 5) is 2.07. The number of halogens is 2. The fourth-order valence-electron chi connectivity index (χ4n) is 0.951. The largest absolute Gasteiger partial charge is 0.345 e. The summed E-state index contributed by atoms with van der Waals surface area (Å²) in [7, 11) is 1.96. The molecule has 0 bridgehead atoms. The van der Waals surface area contributed by atoms with Crippen LogP contribution < -0.4 is 0 Å². The number of nitrogens with zero attached hydrogens (tertiary/aromatic N) is 1. The Bertz CT molecular complexity index is 111. The van der Waals surface area contributed by atoms with Gasteiger partial charge in [0, 0.05) is 6.54 Å². The Kier molecular flexibility index (Phi) is 6.20. The molecule has 0 aliphatic rings. The minimum Gasteiger partial charge on any atom is -0.323 e. The van der Waals surface area contributed by atoms with Gasteiger partial charge in [-0.05, 0) is 19.5 Å². The zero-order valence-corrected chi connectivity index (χ0v) is 7.89. The first kappa shape index (κ1) is 11.8. The average Bonchev–Trinajstić information content (AvgIpc) is 2.00. The summed E-state index contributed by atoms with van der Waals surface area (Å²) in [6, 6.07) is 0. The van der Waals surface area contributed by atoms with Crippen LogP contribution in [0.5, 0.6) is 0 Å². The SMILES string of the molecule is CCN(C)CC(C)COC(F)F. The van der Waals surface area contributed by atoms with E-state index in [1.54, 1.807) is 0 Å². The summed E-state index contributed by atoms with van der Waals surface area (Å²) in [6.07, 6.45) is 0. The van der Waals surface area contributed by atoms with E-state index in [0.717, 1.165) is 13.1 Å². The van der Waals surface area contributed by atoms with Crippen LogP contribution in [0.3, 0.4) is 0 Å². The molecule has 0 rings (SSSR count). The van der Waals surface area contributed by atoms with Gasteiger partial charge >= 0.3 is 6.61 Å². The molecule has 0 heterocycles. The Hall–Kier alpha value is -0.220. The van der Waals surface area contributed by atoms with E-state index in [9.17, 15) is 8.78 Å². The van der Waals surface area contributed by atoms with Crippen LogP contribution in [0.2, 0.25) is 0 Å². The first-order valence-electron chi connectivity index (χ1n) is 4.14. The molecule has 0 spiro atoms. The minimum absolute atomic E-state index is 0.127. The van der Waals surface area contributed by atoms with Crippen molar-refractivity contribution in [3.8, 4) is 0 Å². The second-order valence-electron chi connectivity index (χ2n) is 3.05. The lowest BCUT2D eigenvalue weighted by atomic mass is 10.2. The van der Waals surface area contributed by atoms with Crippen molar-refractivity contribution in [3.05, 3.63) is 0 Å². The second-order valence-corrected chi connectivity index (χ2v) is 3.05. The highest BCUT2D eigenvalue weighted by atomic mass is 19.3. The number of alkyl halides is 2. The van der Waals surface area contributed by atoms with Crippen molar-refractivity contribution >= 4 is 0 Å². The predicted octanol–water partition coefficient (Wildman–Crippen LogP) is 1.81. The zero-order valence-electron chi connectivity index (χ0n) is 7.89. The molecule has 1 atom stereocenters. The molecule has 74 valence electrons. The van der Waals surface area contributed by atoms with Crippen LogP contribution >= 0.6 is 0 Å². The molecule has 0 amide bonds. The quantitative estimate of drug-likeness (QED) is 0.619. The molecular weight excluding hydrogens is 164 g/mol. The molecule has 4 heteroatoms. The predicted molar refractivity (Wildman–Crippen MR) is 44.3 cm³/mol. The summed E-state index contributed by atoms with van der Waals surface area (Å²) in [5.41, 5.74) is 0. The van der Waals surface area contributed by atoms with Gasteiger partial charge in [-0.2, -0.15) is 8.78 Å². The van der Waals surface area contributed by atoms with Crippen LogP contribution in [0.1, 0.15) is 13.8 Å². The van der Waals surface area contributed by atoms with E-state index in [4.69, 9.17) is 0 Å². The van der Waals surface area contributed by atoms with E-state index in [2.05, 4.69) is 9.64 Å². The van der Waals surface area contributed by atoms with Gasteiger partial charge in [0.2, 0.25) is 0 Å². The number of hydrogen-bond acceptors (Lipinski definition) is 2. The summed E-state index contributed by atoms with van der Waals surface area (Å²) in [5, 5.41) is 0. The van der Waals surface area contributed by atoms with E-state index in [1.807, 2.05) is 20.9 Å². The molecule has 2 nitrogen and oxygen atoms in total. The molecule has 12 heavy (non-hydrogen) atoms. The van der Waals surface area contributed by atoms with E-state index < -0.39 is 6.61 Å². The maximum absolute atomic E-state index is 11.6. The maximum atomic E-state index is 11.6. The highest BCUT2D eigenvalue weighted by molar-refractivity contribution is 4.56. The first-order valence-corrected chi connectivity index (χ1v) is 4.14. The molecule has 0 saturated carbocycles. The highest BCUT2D eigenvalue weighted by Gasteiger charge is 2.08. The number of ether oxygens (including phenoxy) is 1. The molecule has 0 aromatic rings. The molecule has 0 aromatic heterocycles. The van der Waals surface area contributed by atoms with Crippen LogP contribution in [-0.4, -0.2) is 38.3 Å². The lowest BCUT2D eigenvalue weighted by Crippen LogP contribution is -2.26. The van der Waals surface area contributed by atoms with Crippen molar-refractivity contribution in [3.63, 3.8) is 0 Å². The molecule has 0 N–H and O–H groups in total. The molecule has 0 aromatic carbocycles. The Morgan fingerprint density at radius 2 is 2.00 bits per heavy atom. The van der Waals surface area contributed by atoms with Gasteiger partial charge in [-0.25, -0.2) is 0 Å². The molecule has 0 aliphatic carbocycles. The minimum atomic E-state index is -2.64. The third-order valence-corrected chi connectivity index (χ3v) is 1.67. The van der Waals surface area contributed by atoms with Crippen molar-refractivity contribution in [2.45, 2.75) is 20.5 Å². The third kappa shape index (κ3) is 6.49. The Labute approximate surface area is 72.5 Å². The highest BCUT2D eigenvalue weighted by Crippen LogP contribution is 2.02. The van der Waals surface area contributed by atoms with Crippen molar-refractivity contribution in [1.82, 2.24) is 4.90 Å². The topological polar surface area (TPSA) is 12.5 Å². The number of rotatable bonds is 6. The normalized spacial score (nSPS) is 14.2. The van der Waals surface area contributed by atoms with E-state index >= 15 is 0 Å². The van der Waals surface area contributed by atoms with Gasteiger partial charge in [-0.15, -0.1) is 0 Å². The van der Waals surface area contributed by atoms with Crippen molar-refractivity contribution in [2.24, 2.45) is 5.92 Å². The van der Waals surface area contributed by atoms with Crippen LogP contribution in [0.4, 0.5) is 8.78 Å². The van der Waals surface area contributed by atoms with Crippen LogP contribution in [0.25, 0.3) is 0 Å². The Morgan fingerprint density at radius 1 is 1.42 bits per heavy atom. The molecule has 0 saturated heterocycles. The maximum Gasteiger partial charge on any atom is 0.345 e. The van der Waals surface area contributed by atoms with Crippen LogP contribution in [-0.2, 0) is 4.74 Å². The van der Waals surface area contributed by atoms with E-state index in [-0.39, 0.29) is 12.5 Å². The smallest absolute Gasteiger partial charge is 0.323 e. The van der Waals surface area contributed by atoms with Gasteiger partial charge < -0.3 is 9.64 Å². The molecule has 0 fully saturated rings. The van der Waals surface area contributed by atoms with Crippen LogP contribution in [0.15, 0.2) is 0 Å². The van der Waals surface area contributed by atoms with Crippen LogP contribution in [0, 0.1) is 5.92 Å². The van der Waals surface area contributed by atoms with E-state index in [1.165, 1.54) is 0 Å². The fourth-order valence-corrected chi connectivity index (χ4v) is 0.951. The molecule has 1 unspecified atom stereocenters. The van der Waals surface area contributed by atoms with Crippen molar-refractivity contribution in [1.29, 1.82) is 0 Å². The van der Waals surface area contributed by atoms with Gasteiger partial charge in [0.1, 0.15) is 0 Å². The number of hydrogen-bond donors (Lipinski definition) is 0. The summed E-state index contributed by atoms with van der Waals surface area (Å²) < 4.78 is 27.3. The second kappa shape index (κ2) is 6.31. The van der Waals surface area contributed by atoms with E-state index in [0.29, 0.717) is 0 Å². The lowest BCUT2D eigenvalue weighted by molar-refractivity contribution is -0.137. The average molecular weight is 181 g/mol. The molecule has 0 aliphatic heterocycles. The van der Waals surface area contributed by atoms with Crippen molar-refractivity contribution < 1.29 is 13.5 Å². The summed E-state index contributed by atoms with van der Waals surface area (Å²) in [5.74, 6) is 0.156. The first-order chi connectivity index (χ1) is 5.56. The zero-order chi connectivity index (χ0) is 9.56. The Morgan fingerprint density at radius 3 is 2.42 bits per heavy atom. The van der Waals surface area contributed by atoms with Gasteiger partial charge in [-0.1, -0.05) is 13.8 Å². The molecule has 0 radical (unpaired) electrons. The fraction of sp³-hybridized carbons (Fsp3) is 1.00. The standard InChI is InChI=1S/C8H17F2NO/c1-4-11(3)5-7(2)6-12-8(9)10/h7-8H,4-6H2,1-3H3. The van der Waals surface area contributed by atoms with Gasteiger partial charge in [0.15, 0.2) is 0 Å². The van der Waals surface area contributed by atoms with Gasteiger partial charge in [0.05, 0.1) is 6.61 Å². The monoisotopic (exact) mass is 181 g/mol. The van der Waals surface area contributed by atoms with Gasteiger partial charge in [0.25, 0.3) is 0 Å². The molecular formula is C8H17F2NO.